The van der Waals surface area contributed by atoms with Gasteiger partial charge in [0.1, 0.15) is 0 Å². The summed E-state index contributed by atoms with van der Waals surface area (Å²) >= 11 is 0. The smallest absolute Gasteiger partial charge is 0.188 e. The van der Waals surface area contributed by atoms with E-state index in [2.05, 4.69) is 22.4 Å². The molecule has 2 aromatic carbocycles. The Labute approximate surface area is 184 Å². The largest absolute Gasteiger partial charge is 0.493 e. The van der Waals surface area contributed by atoms with Gasteiger partial charge in [-0.3, -0.25) is 0 Å². The van der Waals surface area contributed by atoms with Crippen LogP contribution in [0.15, 0.2) is 53.5 Å². The van der Waals surface area contributed by atoms with Crippen molar-refractivity contribution < 1.29 is 14.2 Å². The summed E-state index contributed by atoms with van der Waals surface area (Å²) in [5.41, 5.74) is 8.12. The zero-order valence-corrected chi connectivity index (χ0v) is 18.8. The van der Waals surface area contributed by atoms with Crippen LogP contribution in [-0.2, 0) is 17.9 Å². The molecule has 28 heavy (non-hydrogen) atoms. The van der Waals surface area contributed by atoms with Crippen molar-refractivity contribution in [1.29, 1.82) is 0 Å². The average molecular weight is 499 g/mol. The molecule has 0 atom stereocenters. The predicted octanol–water partition coefficient (Wildman–Crippen LogP) is 3.72. The molecule has 0 aliphatic carbocycles. The number of methoxy groups -OCH3 is 2. The van der Waals surface area contributed by atoms with Crippen molar-refractivity contribution in [3.05, 3.63) is 59.7 Å². The number of benzene rings is 2. The maximum atomic E-state index is 5.92. The Balaban J connectivity index is 0.00000392. The van der Waals surface area contributed by atoms with Crippen molar-refractivity contribution in [1.82, 2.24) is 5.32 Å². The number of rotatable bonds is 11. The Kier molecular flexibility index (Phi) is 12.1. The minimum atomic E-state index is 0. The summed E-state index contributed by atoms with van der Waals surface area (Å²) in [5.74, 6) is 1.83. The lowest BCUT2D eigenvalue weighted by Crippen LogP contribution is -2.32. The van der Waals surface area contributed by atoms with Gasteiger partial charge < -0.3 is 25.3 Å². The van der Waals surface area contributed by atoms with Crippen molar-refractivity contribution in [2.24, 2.45) is 10.7 Å². The van der Waals surface area contributed by atoms with Crippen LogP contribution in [0, 0.1) is 0 Å². The van der Waals surface area contributed by atoms with Crippen molar-refractivity contribution >= 4 is 29.9 Å². The van der Waals surface area contributed by atoms with Gasteiger partial charge in [0.15, 0.2) is 17.5 Å². The van der Waals surface area contributed by atoms with Gasteiger partial charge in [-0.15, -0.1) is 24.0 Å². The van der Waals surface area contributed by atoms with Crippen molar-refractivity contribution in [3.8, 4) is 11.5 Å². The Hall–Kier alpha value is -2.00. The molecule has 154 valence electrons. The number of hydrogen-bond acceptors (Lipinski definition) is 4. The Bertz CT molecular complexity index is 711. The standard InChI is InChI=1S/C21H29N3O3.HI/c1-25-19-11-10-18(14-20(19)26-2)15-24-21(22)23-12-6-7-13-27-16-17-8-4-3-5-9-17;/h3-5,8-11,14H,6-7,12-13,15-16H2,1-2H3,(H3,22,23,24);1H. The summed E-state index contributed by atoms with van der Waals surface area (Å²) in [6.07, 6.45) is 1.95. The van der Waals surface area contributed by atoms with Crippen LogP contribution in [0.25, 0.3) is 0 Å². The van der Waals surface area contributed by atoms with Gasteiger partial charge in [-0.25, -0.2) is 4.99 Å². The molecule has 6 nitrogen and oxygen atoms in total. The lowest BCUT2D eigenvalue weighted by Gasteiger charge is -2.09. The highest BCUT2D eigenvalue weighted by atomic mass is 127. The monoisotopic (exact) mass is 499 g/mol. The Morgan fingerprint density at radius 2 is 1.71 bits per heavy atom. The molecule has 0 amide bonds. The third kappa shape index (κ3) is 8.79. The molecule has 0 saturated carbocycles. The Morgan fingerprint density at radius 3 is 2.43 bits per heavy atom. The highest BCUT2D eigenvalue weighted by Crippen LogP contribution is 2.27. The summed E-state index contributed by atoms with van der Waals surface area (Å²) in [6, 6.07) is 15.9. The van der Waals surface area contributed by atoms with Crippen LogP contribution in [0.2, 0.25) is 0 Å². The van der Waals surface area contributed by atoms with E-state index in [9.17, 15) is 0 Å². The summed E-state index contributed by atoms with van der Waals surface area (Å²) in [6.45, 7) is 2.65. The highest BCUT2D eigenvalue weighted by Gasteiger charge is 2.04. The van der Waals surface area contributed by atoms with E-state index in [4.69, 9.17) is 19.9 Å². The highest BCUT2D eigenvalue weighted by molar-refractivity contribution is 14.0. The number of nitrogens with two attached hydrogens (primary N) is 1. The number of ether oxygens (including phenoxy) is 3. The molecular weight excluding hydrogens is 469 g/mol. The Morgan fingerprint density at radius 1 is 0.964 bits per heavy atom. The second kappa shape index (κ2) is 14.1. The molecule has 0 spiro atoms. The van der Waals surface area contributed by atoms with E-state index >= 15 is 0 Å². The summed E-state index contributed by atoms with van der Waals surface area (Å²) in [7, 11) is 3.23. The van der Waals surface area contributed by atoms with Crippen LogP contribution >= 0.6 is 24.0 Å². The molecule has 0 radical (unpaired) electrons. The lowest BCUT2D eigenvalue weighted by molar-refractivity contribution is 0.117. The number of nitrogens with zero attached hydrogens (tertiary/aromatic N) is 1. The molecular formula is C21H30IN3O3. The van der Waals surface area contributed by atoms with Gasteiger partial charge in [-0.2, -0.15) is 0 Å². The zero-order chi connectivity index (χ0) is 19.3. The minimum Gasteiger partial charge on any atom is -0.493 e. The van der Waals surface area contributed by atoms with E-state index in [1.807, 2.05) is 36.4 Å². The first-order valence-corrected chi connectivity index (χ1v) is 9.09. The van der Waals surface area contributed by atoms with Gasteiger partial charge in [0, 0.05) is 13.2 Å². The maximum absolute atomic E-state index is 5.92. The van der Waals surface area contributed by atoms with E-state index in [0.29, 0.717) is 30.6 Å². The van der Waals surface area contributed by atoms with Gasteiger partial charge in [0.25, 0.3) is 0 Å². The topological polar surface area (TPSA) is 78.1 Å². The molecule has 3 N–H and O–H groups in total. The van der Waals surface area contributed by atoms with Gasteiger partial charge in [0.2, 0.25) is 0 Å². The van der Waals surface area contributed by atoms with E-state index in [1.165, 1.54) is 5.56 Å². The van der Waals surface area contributed by atoms with Crippen LogP contribution in [-0.4, -0.2) is 33.3 Å². The second-order valence-corrected chi connectivity index (χ2v) is 6.06. The quantitative estimate of drug-likeness (QED) is 0.213. The summed E-state index contributed by atoms with van der Waals surface area (Å²) in [4.78, 5) is 4.35. The van der Waals surface area contributed by atoms with Crippen LogP contribution in [0.1, 0.15) is 24.0 Å². The van der Waals surface area contributed by atoms with Crippen LogP contribution in [0.4, 0.5) is 0 Å². The number of hydrogen-bond donors (Lipinski definition) is 2. The fraction of sp³-hybridized carbons (Fsp3) is 0.381. The third-order valence-electron chi connectivity index (χ3n) is 4.01. The van der Waals surface area contributed by atoms with Crippen LogP contribution in [0.3, 0.4) is 0 Å². The molecule has 0 aromatic heterocycles. The molecule has 0 fully saturated rings. The van der Waals surface area contributed by atoms with Crippen molar-refractivity contribution in [2.75, 3.05) is 27.4 Å². The first kappa shape index (κ1) is 24.0. The molecule has 0 heterocycles. The predicted molar refractivity (Wildman–Crippen MR) is 124 cm³/mol. The minimum absolute atomic E-state index is 0. The zero-order valence-electron chi connectivity index (χ0n) is 16.5. The molecule has 0 saturated heterocycles. The SMILES string of the molecule is COc1ccc(CN=C(N)NCCCCOCc2ccccc2)cc1OC.I. The second-order valence-electron chi connectivity index (χ2n) is 6.06. The lowest BCUT2D eigenvalue weighted by atomic mass is 10.2. The molecule has 2 rings (SSSR count). The normalized spacial score (nSPS) is 10.9. The van der Waals surface area contributed by atoms with E-state index in [1.54, 1.807) is 14.2 Å². The number of unbranched alkanes of at least 4 members (excludes halogenated alkanes) is 1. The molecule has 0 bridgehead atoms. The third-order valence-corrected chi connectivity index (χ3v) is 4.01. The number of guanidine groups is 1. The number of nitrogens with one attached hydrogen (secondary N) is 1. The first-order chi connectivity index (χ1) is 13.2. The van der Waals surface area contributed by atoms with Crippen molar-refractivity contribution in [3.63, 3.8) is 0 Å². The molecule has 2 aromatic rings. The van der Waals surface area contributed by atoms with Crippen LogP contribution in [0.5, 0.6) is 11.5 Å². The fourth-order valence-corrected chi connectivity index (χ4v) is 2.52. The number of halogens is 1. The molecule has 7 heteroatoms. The van der Waals surface area contributed by atoms with Gasteiger partial charge in [-0.05, 0) is 36.1 Å². The maximum Gasteiger partial charge on any atom is 0.188 e. The molecule has 0 aliphatic heterocycles. The summed E-state index contributed by atoms with van der Waals surface area (Å²) in [5, 5.41) is 3.13. The van der Waals surface area contributed by atoms with E-state index < -0.39 is 0 Å². The average Bonchev–Trinajstić information content (AvgIpc) is 2.72. The number of aliphatic imine (C=N–C) groups is 1. The first-order valence-electron chi connectivity index (χ1n) is 9.09. The summed E-state index contributed by atoms with van der Waals surface area (Å²) < 4.78 is 16.2. The van der Waals surface area contributed by atoms with Crippen molar-refractivity contribution in [2.45, 2.75) is 26.0 Å². The van der Waals surface area contributed by atoms with Gasteiger partial charge >= 0.3 is 0 Å². The molecule has 0 aliphatic rings. The van der Waals surface area contributed by atoms with Gasteiger partial charge in [-0.1, -0.05) is 36.4 Å². The van der Waals surface area contributed by atoms with E-state index in [-0.39, 0.29) is 24.0 Å². The van der Waals surface area contributed by atoms with Crippen LogP contribution < -0.4 is 20.5 Å². The van der Waals surface area contributed by atoms with Gasteiger partial charge in [0.05, 0.1) is 27.4 Å². The molecule has 0 unspecified atom stereocenters. The van der Waals surface area contributed by atoms with E-state index in [0.717, 1.165) is 31.6 Å². The fourth-order valence-electron chi connectivity index (χ4n) is 2.52.